The average Bonchev–Trinajstić information content (AvgIpc) is 2.66. The van der Waals surface area contributed by atoms with Crippen LogP contribution in [-0.2, 0) is 0 Å². The number of benzene rings is 1. The highest BCUT2D eigenvalue weighted by Gasteiger charge is 2.18. The highest BCUT2D eigenvalue weighted by molar-refractivity contribution is 5.64. The summed E-state index contributed by atoms with van der Waals surface area (Å²) < 4.78 is 0. The summed E-state index contributed by atoms with van der Waals surface area (Å²) >= 11 is 0. The summed E-state index contributed by atoms with van der Waals surface area (Å²) in [7, 11) is 6.36. The minimum Gasteiger partial charge on any atom is -0.370 e. The number of piperazine rings is 1. The first-order valence-electron chi connectivity index (χ1n) is 9.38. The van der Waals surface area contributed by atoms with Crippen LogP contribution >= 0.6 is 0 Å². The van der Waals surface area contributed by atoms with Gasteiger partial charge in [0.05, 0.1) is 5.69 Å². The number of likely N-dealkylation sites (N-methyl/N-ethyl adjacent to an activating group) is 1. The van der Waals surface area contributed by atoms with Gasteiger partial charge in [0, 0.05) is 44.4 Å². The second kappa shape index (κ2) is 8.96. The average molecular weight is 355 g/mol. The minimum atomic E-state index is 0.828. The Morgan fingerprint density at radius 2 is 1.77 bits per heavy atom. The quantitative estimate of drug-likeness (QED) is 0.770. The smallest absolute Gasteiger partial charge is 0.227 e. The molecule has 2 heterocycles. The van der Waals surface area contributed by atoms with Crippen molar-refractivity contribution in [3.63, 3.8) is 0 Å². The monoisotopic (exact) mass is 354 g/mol. The molecule has 0 aliphatic carbocycles. The van der Waals surface area contributed by atoms with E-state index in [0.29, 0.717) is 0 Å². The number of nitrogens with zero attached hydrogens (tertiary/aromatic N) is 5. The third-order valence-electron chi connectivity index (χ3n) is 4.66. The van der Waals surface area contributed by atoms with Gasteiger partial charge in [0.1, 0.15) is 5.82 Å². The molecule has 26 heavy (non-hydrogen) atoms. The Kier molecular flexibility index (Phi) is 6.41. The molecule has 0 atom stereocenters. The molecule has 0 amide bonds. The Bertz CT molecular complexity index is 680. The van der Waals surface area contributed by atoms with E-state index in [-0.39, 0.29) is 0 Å². The summed E-state index contributed by atoms with van der Waals surface area (Å²) in [6.07, 6.45) is 1.08. The van der Waals surface area contributed by atoms with Crippen LogP contribution in [0, 0.1) is 0 Å². The van der Waals surface area contributed by atoms with Crippen molar-refractivity contribution in [3.8, 4) is 11.3 Å². The van der Waals surface area contributed by atoms with Crippen molar-refractivity contribution in [1.82, 2.24) is 19.8 Å². The molecule has 3 rings (SSSR count). The third-order valence-corrected chi connectivity index (χ3v) is 4.66. The Hall–Kier alpha value is -2.18. The van der Waals surface area contributed by atoms with Crippen LogP contribution in [0.4, 0.5) is 11.8 Å². The van der Waals surface area contributed by atoms with E-state index in [4.69, 9.17) is 9.97 Å². The molecule has 2 aromatic rings. The molecule has 0 saturated carbocycles. The van der Waals surface area contributed by atoms with Crippen molar-refractivity contribution in [2.24, 2.45) is 0 Å². The second-order valence-electron chi connectivity index (χ2n) is 7.18. The molecule has 1 aliphatic heterocycles. The van der Waals surface area contributed by atoms with Crippen molar-refractivity contribution < 1.29 is 0 Å². The molecule has 6 heteroatoms. The minimum absolute atomic E-state index is 0.828. The van der Waals surface area contributed by atoms with E-state index in [2.05, 4.69) is 71.5 Å². The normalized spacial score (nSPS) is 15.5. The Balaban J connectivity index is 1.80. The third kappa shape index (κ3) is 5.16. The first kappa shape index (κ1) is 18.6. The predicted molar refractivity (Wildman–Crippen MR) is 109 cm³/mol. The molecule has 1 aromatic heterocycles. The van der Waals surface area contributed by atoms with Gasteiger partial charge in [0.15, 0.2) is 0 Å². The first-order valence-corrected chi connectivity index (χ1v) is 9.38. The van der Waals surface area contributed by atoms with Crippen molar-refractivity contribution in [3.05, 3.63) is 36.4 Å². The van der Waals surface area contributed by atoms with Crippen LogP contribution in [-0.4, -0.2) is 80.2 Å². The van der Waals surface area contributed by atoms with E-state index in [1.54, 1.807) is 0 Å². The van der Waals surface area contributed by atoms with Crippen molar-refractivity contribution in [2.75, 3.05) is 70.6 Å². The lowest BCUT2D eigenvalue weighted by atomic mass is 10.1. The lowest BCUT2D eigenvalue weighted by Crippen LogP contribution is -2.45. The van der Waals surface area contributed by atoms with Gasteiger partial charge in [-0.2, -0.15) is 4.98 Å². The van der Waals surface area contributed by atoms with Crippen LogP contribution in [0.3, 0.4) is 0 Å². The van der Waals surface area contributed by atoms with Gasteiger partial charge in [-0.15, -0.1) is 0 Å². The first-order chi connectivity index (χ1) is 12.6. The fourth-order valence-corrected chi connectivity index (χ4v) is 3.04. The maximum Gasteiger partial charge on any atom is 0.227 e. The van der Waals surface area contributed by atoms with Crippen LogP contribution in [0.2, 0.25) is 0 Å². The van der Waals surface area contributed by atoms with E-state index in [1.807, 2.05) is 6.07 Å². The van der Waals surface area contributed by atoms with Crippen LogP contribution in [0.1, 0.15) is 6.42 Å². The van der Waals surface area contributed by atoms with Crippen LogP contribution < -0.4 is 10.2 Å². The van der Waals surface area contributed by atoms with Gasteiger partial charge >= 0.3 is 0 Å². The van der Waals surface area contributed by atoms with Gasteiger partial charge in [-0.3, -0.25) is 0 Å². The summed E-state index contributed by atoms with van der Waals surface area (Å²) in [4.78, 5) is 16.5. The summed E-state index contributed by atoms with van der Waals surface area (Å²) in [6.45, 7) is 6.00. The number of hydrogen-bond acceptors (Lipinski definition) is 6. The van der Waals surface area contributed by atoms with Crippen LogP contribution in [0.5, 0.6) is 0 Å². The van der Waals surface area contributed by atoms with Gasteiger partial charge < -0.3 is 20.0 Å². The van der Waals surface area contributed by atoms with Gasteiger partial charge in [-0.05, 0) is 34.1 Å². The SMILES string of the molecule is CN(C)CCCNc1cc(-c2ccccc2)nc(N2CCN(C)CC2)n1. The summed E-state index contributed by atoms with van der Waals surface area (Å²) in [5, 5.41) is 3.48. The highest BCUT2D eigenvalue weighted by atomic mass is 15.3. The molecule has 0 unspecified atom stereocenters. The van der Waals surface area contributed by atoms with Gasteiger partial charge in [0.25, 0.3) is 0 Å². The van der Waals surface area contributed by atoms with E-state index in [9.17, 15) is 0 Å². The van der Waals surface area contributed by atoms with E-state index >= 15 is 0 Å². The zero-order valence-corrected chi connectivity index (χ0v) is 16.1. The van der Waals surface area contributed by atoms with Crippen molar-refractivity contribution in [2.45, 2.75) is 6.42 Å². The molecule has 0 spiro atoms. The fraction of sp³-hybridized carbons (Fsp3) is 0.500. The van der Waals surface area contributed by atoms with Crippen LogP contribution in [0.25, 0.3) is 11.3 Å². The molecule has 6 nitrogen and oxygen atoms in total. The lowest BCUT2D eigenvalue weighted by molar-refractivity contribution is 0.311. The Morgan fingerprint density at radius 3 is 2.46 bits per heavy atom. The highest BCUT2D eigenvalue weighted by Crippen LogP contribution is 2.23. The van der Waals surface area contributed by atoms with E-state index < -0.39 is 0 Å². The zero-order valence-electron chi connectivity index (χ0n) is 16.1. The molecule has 1 aliphatic rings. The topological polar surface area (TPSA) is 47.5 Å². The van der Waals surface area contributed by atoms with Gasteiger partial charge in [-0.1, -0.05) is 30.3 Å². The van der Waals surface area contributed by atoms with Gasteiger partial charge in [0.2, 0.25) is 5.95 Å². The molecule has 140 valence electrons. The van der Waals surface area contributed by atoms with Crippen LogP contribution in [0.15, 0.2) is 36.4 Å². The van der Waals surface area contributed by atoms with E-state index in [0.717, 1.165) is 68.7 Å². The molecule has 0 bridgehead atoms. The zero-order chi connectivity index (χ0) is 18.4. The molecule has 1 fully saturated rings. The maximum atomic E-state index is 4.86. The Labute approximate surface area is 156 Å². The number of rotatable bonds is 7. The molecule has 1 saturated heterocycles. The Morgan fingerprint density at radius 1 is 1.04 bits per heavy atom. The number of hydrogen-bond donors (Lipinski definition) is 1. The number of aromatic nitrogens is 2. The maximum absolute atomic E-state index is 4.86. The second-order valence-corrected chi connectivity index (χ2v) is 7.18. The molecule has 0 radical (unpaired) electrons. The fourth-order valence-electron chi connectivity index (χ4n) is 3.04. The van der Waals surface area contributed by atoms with E-state index in [1.165, 1.54) is 0 Å². The molecule has 1 N–H and O–H groups in total. The standard InChI is InChI=1S/C20H30N6/c1-24(2)11-7-10-21-19-16-18(17-8-5-4-6-9-17)22-20(23-19)26-14-12-25(3)13-15-26/h4-6,8-9,16H,7,10-15H2,1-3H3,(H,21,22,23). The summed E-state index contributed by atoms with van der Waals surface area (Å²) in [5.74, 6) is 1.74. The van der Waals surface area contributed by atoms with Gasteiger partial charge in [-0.25, -0.2) is 4.98 Å². The number of anilines is 2. The molecular weight excluding hydrogens is 324 g/mol. The predicted octanol–water partition coefficient (Wildman–Crippen LogP) is 2.26. The summed E-state index contributed by atoms with van der Waals surface area (Å²) in [5.41, 5.74) is 2.10. The van der Waals surface area contributed by atoms with Crippen molar-refractivity contribution in [1.29, 1.82) is 0 Å². The van der Waals surface area contributed by atoms with Crippen molar-refractivity contribution >= 4 is 11.8 Å². The molecule has 1 aromatic carbocycles. The molecular formula is C20H30N6. The lowest BCUT2D eigenvalue weighted by Gasteiger charge is -2.32. The number of nitrogens with one attached hydrogen (secondary N) is 1. The largest absolute Gasteiger partial charge is 0.370 e. The summed E-state index contributed by atoms with van der Waals surface area (Å²) in [6, 6.07) is 12.4.